The van der Waals surface area contributed by atoms with E-state index in [-0.39, 0.29) is 11.9 Å². The van der Waals surface area contributed by atoms with E-state index < -0.39 is 0 Å². The molecule has 1 fully saturated rings. The van der Waals surface area contributed by atoms with Crippen molar-refractivity contribution >= 4 is 5.91 Å². The van der Waals surface area contributed by atoms with Crippen molar-refractivity contribution in [2.75, 3.05) is 13.1 Å². The van der Waals surface area contributed by atoms with Crippen LogP contribution in [0.25, 0.3) is 0 Å². The predicted octanol–water partition coefficient (Wildman–Crippen LogP) is -0.405. The number of nitrogens with one attached hydrogen (secondary N) is 2. The fraction of sp³-hybridized carbons (Fsp3) is 0.727. The summed E-state index contributed by atoms with van der Waals surface area (Å²) in [6.45, 7) is 1.18. The Morgan fingerprint density at radius 1 is 1.60 bits per heavy atom. The van der Waals surface area contributed by atoms with Crippen LogP contribution in [0.1, 0.15) is 25.7 Å². The van der Waals surface area contributed by atoms with Crippen LogP contribution in [0.4, 0.5) is 0 Å². The van der Waals surface area contributed by atoms with Gasteiger partial charge in [0.05, 0.1) is 0 Å². The zero-order chi connectivity index (χ0) is 11.1. The molecule has 0 heterocycles. The van der Waals surface area contributed by atoms with Crippen LogP contribution in [0.2, 0.25) is 0 Å². The third-order valence-electron chi connectivity index (χ3n) is 2.36. The molecule has 1 rings (SSSR count). The summed E-state index contributed by atoms with van der Waals surface area (Å²) in [5.74, 6) is 2.62. The summed E-state index contributed by atoms with van der Waals surface area (Å²) in [5.41, 5.74) is 5.56. The highest BCUT2D eigenvalue weighted by Crippen LogP contribution is 2.18. The number of hydrogen-bond acceptors (Lipinski definition) is 3. The average molecular weight is 209 g/mol. The van der Waals surface area contributed by atoms with Crippen molar-refractivity contribution in [1.82, 2.24) is 10.6 Å². The average Bonchev–Trinajstić information content (AvgIpc) is 3.00. The lowest BCUT2D eigenvalue weighted by atomic mass is 10.2. The maximum Gasteiger partial charge on any atom is 0.221 e. The van der Waals surface area contributed by atoms with E-state index in [0.29, 0.717) is 25.4 Å². The monoisotopic (exact) mass is 209 g/mol. The maximum absolute atomic E-state index is 11.4. The molecule has 1 saturated carbocycles. The standard InChI is InChI=1S/C11H19N3O/c1-2-3-6-13-10(8-12)7-11(15)14-9-4-5-9/h1,9-10,13H,3-8,12H2,(H,14,15). The minimum atomic E-state index is 0.0390. The fourth-order valence-electron chi connectivity index (χ4n) is 1.33. The first-order valence-corrected chi connectivity index (χ1v) is 5.42. The summed E-state index contributed by atoms with van der Waals surface area (Å²) in [6, 6.07) is 0.457. The number of rotatable bonds is 7. The molecule has 0 saturated heterocycles. The van der Waals surface area contributed by atoms with Gasteiger partial charge in [-0.1, -0.05) is 0 Å². The molecule has 1 aliphatic rings. The van der Waals surface area contributed by atoms with Crippen LogP contribution in [0, 0.1) is 12.3 Å². The van der Waals surface area contributed by atoms with Crippen LogP contribution in [0.5, 0.6) is 0 Å². The molecule has 15 heavy (non-hydrogen) atoms. The first-order chi connectivity index (χ1) is 7.26. The van der Waals surface area contributed by atoms with E-state index in [9.17, 15) is 4.79 Å². The molecule has 4 nitrogen and oxygen atoms in total. The van der Waals surface area contributed by atoms with Crippen LogP contribution in [-0.2, 0) is 4.79 Å². The molecular weight excluding hydrogens is 190 g/mol. The number of hydrogen-bond donors (Lipinski definition) is 3. The first-order valence-electron chi connectivity index (χ1n) is 5.42. The number of carbonyl (C=O) groups is 1. The zero-order valence-corrected chi connectivity index (χ0v) is 8.96. The summed E-state index contributed by atoms with van der Waals surface area (Å²) in [5, 5.41) is 6.10. The van der Waals surface area contributed by atoms with E-state index in [1.165, 1.54) is 0 Å². The SMILES string of the molecule is C#CCCNC(CN)CC(=O)NC1CC1. The Morgan fingerprint density at radius 2 is 2.33 bits per heavy atom. The second kappa shape index (κ2) is 6.44. The van der Waals surface area contributed by atoms with Crippen LogP contribution >= 0.6 is 0 Å². The molecule has 1 amide bonds. The Hall–Kier alpha value is -1.05. The van der Waals surface area contributed by atoms with Gasteiger partial charge in [0.15, 0.2) is 0 Å². The van der Waals surface area contributed by atoms with Gasteiger partial charge in [0.1, 0.15) is 0 Å². The van der Waals surface area contributed by atoms with Crippen molar-refractivity contribution in [3.05, 3.63) is 0 Å². The Morgan fingerprint density at radius 3 is 2.87 bits per heavy atom. The topological polar surface area (TPSA) is 67.1 Å². The van der Waals surface area contributed by atoms with Gasteiger partial charge in [-0.2, -0.15) is 0 Å². The molecule has 0 aromatic carbocycles. The Labute approximate surface area is 91.0 Å². The van der Waals surface area contributed by atoms with Gasteiger partial charge in [-0.3, -0.25) is 4.79 Å². The normalized spacial score (nSPS) is 16.8. The van der Waals surface area contributed by atoms with Crippen molar-refractivity contribution in [2.45, 2.75) is 37.8 Å². The molecule has 0 aliphatic heterocycles. The van der Waals surface area contributed by atoms with E-state index in [1.807, 2.05) is 0 Å². The van der Waals surface area contributed by atoms with Gasteiger partial charge in [-0.25, -0.2) is 0 Å². The van der Waals surface area contributed by atoms with E-state index in [4.69, 9.17) is 12.2 Å². The lowest BCUT2D eigenvalue weighted by Crippen LogP contribution is -2.41. The number of carbonyl (C=O) groups excluding carboxylic acids is 1. The van der Waals surface area contributed by atoms with Crippen molar-refractivity contribution in [2.24, 2.45) is 5.73 Å². The minimum absolute atomic E-state index is 0.0390. The molecule has 1 atom stereocenters. The van der Waals surface area contributed by atoms with Crippen molar-refractivity contribution in [3.63, 3.8) is 0 Å². The van der Waals surface area contributed by atoms with Gasteiger partial charge >= 0.3 is 0 Å². The summed E-state index contributed by atoms with van der Waals surface area (Å²) >= 11 is 0. The van der Waals surface area contributed by atoms with E-state index in [2.05, 4.69) is 16.6 Å². The minimum Gasteiger partial charge on any atom is -0.353 e. The van der Waals surface area contributed by atoms with E-state index >= 15 is 0 Å². The van der Waals surface area contributed by atoms with Gasteiger partial charge in [0, 0.05) is 38.0 Å². The van der Waals surface area contributed by atoms with Crippen molar-refractivity contribution < 1.29 is 4.79 Å². The third-order valence-corrected chi connectivity index (χ3v) is 2.36. The van der Waals surface area contributed by atoms with Gasteiger partial charge in [-0.05, 0) is 12.8 Å². The second-order valence-corrected chi connectivity index (χ2v) is 3.89. The summed E-state index contributed by atoms with van der Waals surface area (Å²) in [6.07, 6.45) is 8.47. The Bertz CT molecular complexity index is 243. The number of terminal acetylenes is 1. The molecule has 4 heteroatoms. The van der Waals surface area contributed by atoms with Crippen LogP contribution in [-0.4, -0.2) is 31.1 Å². The molecule has 0 spiro atoms. The van der Waals surface area contributed by atoms with Gasteiger partial charge in [-0.15, -0.1) is 12.3 Å². The molecule has 1 unspecified atom stereocenters. The molecule has 4 N–H and O–H groups in total. The van der Waals surface area contributed by atoms with Crippen LogP contribution in [0.15, 0.2) is 0 Å². The van der Waals surface area contributed by atoms with E-state index in [0.717, 1.165) is 19.4 Å². The molecular formula is C11H19N3O. The predicted molar refractivity (Wildman–Crippen MR) is 60.1 cm³/mol. The zero-order valence-electron chi connectivity index (χ0n) is 8.96. The van der Waals surface area contributed by atoms with Crippen LogP contribution in [0.3, 0.4) is 0 Å². The quantitative estimate of drug-likeness (QED) is 0.394. The van der Waals surface area contributed by atoms with Gasteiger partial charge in [0.2, 0.25) is 5.91 Å². The lowest BCUT2D eigenvalue weighted by molar-refractivity contribution is -0.121. The molecule has 0 aromatic rings. The van der Waals surface area contributed by atoms with Gasteiger partial charge < -0.3 is 16.4 Å². The number of nitrogens with two attached hydrogens (primary N) is 1. The molecule has 0 bridgehead atoms. The van der Waals surface area contributed by atoms with Crippen molar-refractivity contribution in [3.8, 4) is 12.3 Å². The smallest absolute Gasteiger partial charge is 0.221 e. The molecule has 0 radical (unpaired) electrons. The highest BCUT2D eigenvalue weighted by atomic mass is 16.1. The molecule has 1 aliphatic carbocycles. The summed E-state index contributed by atoms with van der Waals surface area (Å²) in [4.78, 5) is 11.4. The third kappa shape index (κ3) is 5.40. The summed E-state index contributed by atoms with van der Waals surface area (Å²) < 4.78 is 0. The Balaban J connectivity index is 2.13. The van der Waals surface area contributed by atoms with Crippen LogP contribution < -0.4 is 16.4 Å². The van der Waals surface area contributed by atoms with Crippen molar-refractivity contribution in [1.29, 1.82) is 0 Å². The molecule has 0 aromatic heterocycles. The molecule has 84 valence electrons. The fourth-order valence-corrected chi connectivity index (χ4v) is 1.33. The van der Waals surface area contributed by atoms with Gasteiger partial charge in [0.25, 0.3) is 0 Å². The maximum atomic E-state index is 11.4. The first kappa shape index (κ1) is 12.0. The summed E-state index contributed by atoms with van der Waals surface area (Å²) in [7, 11) is 0. The van der Waals surface area contributed by atoms with E-state index in [1.54, 1.807) is 0 Å². The largest absolute Gasteiger partial charge is 0.353 e. The highest BCUT2D eigenvalue weighted by molar-refractivity contribution is 5.77. The Kier molecular flexibility index (Phi) is 5.16. The highest BCUT2D eigenvalue weighted by Gasteiger charge is 2.24. The number of amides is 1. The lowest BCUT2D eigenvalue weighted by Gasteiger charge is -2.15. The second-order valence-electron chi connectivity index (χ2n) is 3.89.